The molecule has 3 aromatic carbocycles. The van der Waals surface area contributed by atoms with Crippen LogP contribution in [0.15, 0.2) is 88.1 Å². The first-order valence-corrected chi connectivity index (χ1v) is 10.9. The summed E-state index contributed by atoms with van der Waals surface area (Å²) in [6, 6.07) is 23.2. The minimum Gasteiger partial charge on any atom is -0.493 e. The Kier molecular flexibility index (Phi) is 7.25. The molecule has 1 amide bonds. The maximum Gasteiger partial charge on any atom is 0.344 e. The number of ether oxygens (including phenoxy) is 2. The van der Waals surface area contributed by atoms with Gasteiger partial charge in [-0.05, 0) is 41.8 Å². The lowest BCUT2D eigenvalue weighted by Gasteiger charge is -2.16. The van der Waals surface area contributed by atoms with E-state index in [1.54, 1.807) is 36.4 Å². The number of rotatable bonds is 9. The fourth-order valence-corrected chi connectivity index (χ4v) is 3.69. The number of benzene rings is 3. The second-order valence-electron chi connectivity index (χ2n) is 7.78. The topological polar surface area (TPSA) is 98.0 Å². The Morgan fingerprint density at radius 2 is 1.79 bits per heavy atom. The van der Waals surface area contributed by atoms with Crippen LogP contribution in [0.5, 0.6) is 11.5 Å². The van der Waals surface area contributed by atoms with Crippen LogP contribution in [0.4, 0.5) is 0 Å². The zero-order chi connectivity index (χ0) is 23.9. The number of aliphatic hydroxyl groups is 1. The molecule has 0 unspecified atom stereocenters. The Balaban J connectivity index is 1.39. The molecule has 7 nitrogen and oxygen atoms in total. The van der Waals surface area contributed by atoms with Crippen LogP contribution in [0.3, 0.4) is 0 Å². The van der Waals surface area contributed by atoms with Crippen LogP contribution in [0.25, 0.3) is 22.1 Å². The van der Waals surface area contributed by atoms with Crippen molar-refractivity contribution in [2.45, 2.75) is 12.5 Å². The fourth-order valence-electron chi connectivity index (χ4n) is 3.69. The van der Waals surface area contributed by atoms with Crippen molar-refractivity contribution in [3.8, 4) is 22.6 Å². The molecule has 1 aromatic heterocycles. The van der Waals surface area contributed by atoms with E-state index in [-0.39, 0.29) is 19.1 Å². The number of carbonyl (C=O) groups excluding carboxylic acids is 1. The van der Waals surface area contributed by atoms with Crippen molar-refractivity contribution in [2.75, 3.05) is 20.3 Å². The molecule has 0 spiro atoms. The first kappa shape index (κ1) is 23.1. The van der Waals surface area contributed by atoms with E-state index in [0.717, 1.165) is 10.9 Å². The van der Waals surface area contributed by atoms with E-state index in [2.05, 4.69) is 5.32 Å². The summed E-state index contributed by atoms with van der Waals surface area (Å²) in [7, 11) is 1.52. The molecule has 0 aliphatic rings. The number of fused-ring (bicyclic) bond motifs is 1. The van der Waals surface area contributed by atoms with Crippen molar-refractivity contribution in [2.24, 2.45) is 0 Å². The highest BCUT2D eigenvalue weighted by molar-refractivity contribution is 5.86. The number of para-hydroxylation sites is 1. The van der Waals surface area contributed by atoms with E-state index in [1.807, 2.05) is 42.5 Å². The SMILES string of the molecule is COc1cccc2cc(-c3ccc(OCC(=O)N[C@H](CO)Cc4ccccc4)cc3)c(=O)oc12. The molecule has 34 heavy (non-hydrogen) atoms. The van der Waals surface area contributed by atoms with Crippen molar-refractivity contribution in [3.05, 3.63) is 94.8 Å². The lowest BCUT2D eigenvalue weighted by atomic mass is 10.1. The van der Waals surface area contributed by atoms with Crippen LogP contribution in [0.2, 0.25) is 0 Å². The zero-order valence-electron chi connectivity index (χ0n) is 18.7. The number of carbonyl (C=O) groups is 1. The highest BCUT2D eigenvalue weighted by Crippen LogP contribution is 2.28. The predicted molar refractivity (Wildman–Crippen MR) is 129 cm³/mol. The molecule has 0 fully saturated rings. The summed E-state index contributed by atoms with van der Waals surface area (Å²) in [5.74, 6) is 0.646. The minimum atomic E-state index is -0.474. The molecule has 2 N–H and O–H groups in total. The Labute approximate surface area is 196 Å². The third-order valence-electron chi connectivity index (χ3n) is 5.39. The molecule has 174 valence electrons. The second-order valence-corrected chi connectivity index (χ2v) is 7.78. The van der Waals surface area contributed by atoms with Crippen molar-refractivity contribution in [1.29, 1.82) is 0 Å². The van der Waals surface area contributed by atoms with Crippen LogP contribution < -0.4 is 20.4 Å². The van der Waals surface area contributed by atoms with E-state index in [0.29, 0.717) is 34.6 Å². The summed E-state index contributed by atoms with van der Waals surface area (Å²) in [6.45, 7) is -0.363. The third-order valence-corrected chi connectivity index (χ3v) is 5.39. The van der Waals surface area contributed by atoms with Crippen LogP contribution in [0, 0.1) is 0 Å². The van der Waals surface area contributed by atoms with Gasteiger partial charge in [-0.25, -0.2) is 4.79 Å². The molecule has 0 radical (unpaired) electrons. The van der Waals surface area contributed by atoms with E-state index in [9.17, 15) is 14.7 Å². The van der Waals surface area contributed by atoms with Gasteiger partial charge in [-0.2, -0.15) is 0 Å². The number of hydrogen-bond acceptors (Lipinski definition) is 6. The maximum atomic E-state index is 12.5. The smallest absolute Gasteiger partial charge is 0.344 e. The standard InChI is InChI=1S/C27H25NO6/c1-32-24-9-5-8-20-15-23(27(31)34-26(20)24)19-10-12-22(13-11-19)33-17-25(30)28-21(16-29)14-18-6-3-2-4-7-18/h2-13,15,21,29H,14,16-17H2,1H3,(H,28,30)/t21-/m0/s1. The van der Waals surface area contributed by atoms with Gasteiger partial charge < -0.3 is 24.3 Å². The largest absolute Gasteiger partial charge is 0.493 e. The molecule has 1 heterocycles. The number of amides is 1. The Hall–Kier alpha value is -4.10. The van der Waals surface area contributed by atoms with Crippen LogP contribution in [-0.2, 0) is 11.2 Å². The van der Waals surface area contributed by atoms with Crippen molar-refractivity contribution < 1.29 is 23.8 Å². The summed E-state index contributed by atoms with van der Waals surface area (Å²) in [5, 5.41) is 13.1. The van der Waals surface area contributed by atoms with E-state index in [4.69, 9.17) is 13.9 Å². The van der Waals surface area contributed by atoms with E-state index in [1.165, 1.54) is 7.11 Å². The molecule has 0 aliphatic carbocycles. The molecular weight excluding hydrogens is 434 g/mol. The summed E-state index contributed by atoms with van der Waals surface area (Å²) in [5.41, 5.74) is 2.03. The lowest BCUT2D eigenvalue weighted by Crippen LogP contribution is -2.41. The summed E-state index contributed by atoms with van der Waals surface area (Å²) >= 11 is 0. The molecule has 7 heteroatoms. The minimum absolute atomic E-state index is 0.171. The average Bonchev–Trinajstić information content (AvgIpc) is 2.87. The van der Waals surface area contributed by atoms with Gasteiger partial charge in [0, 0.05) is 5.39 Å². The first-order valence-electron chi connectivity index (χ1n) is 10.9. The number of nitrogens with one attached hydrogen (secondary N) is 1. The number of hydrogen-bond donors (Lipinski definition) is 2. The third kappa shape index (κ3) is 5.44. The van der Waals surface area contributed by atoms with Gasteiger partial charge in [-0.15, -0.1) is 0 Å². The average molecular weight is 459 g/mol. The zero-order valence-corrected chi connectivity index (χ0v) is 18.7. The highest BCUT2D eigenvalue weighted by atomic mass is 16.5. The summed E-state index contributed by atoms with van der Waals surface area (Å²) in [4.78, 5) is 24.8. The lowest BCUT2D eigenvalue weighted by molar-refractivity contribution is -0.124. The maximum absolute atomic E-state index is 12.5. The van der Waals surface area contributed by atoms with Gasteiger partial charge in [0.2, 0.25) is 0 Å². The summed E-state index contributed by atoms with van der Waals surface area (Å²) in [6.07, 6.45) is 0.526. The molecule has 0 aliphatic heterocycles. The molecule has 0 bridgehead atoms. The van der Waals surface area contributed by atoms with Gasteiger partial charge >= 0.3 is 5.63 Å². The van der Waals surface area contributed by atoms with Crippen molar-refractivity contribution in [3.63, 3.8) is 0 Å². The predicted octanol–water partition coefficient (Wildman–Crippen LogP) is 3.57. The Morgan fingerprint density at radius 3 is 2.50 bits per heavy atom. The van der Waals surface area contributed by atoms with Crippen molar-refractivity contribution >= 4 is 16.9 Å². The van der Waals surface area contributed by atoms with Crippen molar-refractivity contribution in [1.82, 2.24) is 5.32 Å². The molecule has 4 rings (SSSR count). The Bertz CT molecular complexity index is 1310. The molecule has 4 aromatic rings. The van der Waals surface area contributed by atoms with Gasteiger partial charge in [0.15, 0.2) is 17.9 Å². The molecule has 0 saturated heterocycles. The Morgan fingerprint density at radius 1 is 1.03 bits per heavy atom. The van der Waals surface area contributed by atoms with Gasteiger partial charge in [0.05, 0.1) is 25.3 Å². The molecule has 1 atom stereocenters. The van der Waals surface area contributed by atoms with Gasteiger partial charge in [0.1, 0.15) is 5.75 Å². The normalized spacial score (nSPS) is 11.7. The second kappa shape index (κ2) is 10.7. The van der Waals surface area contributed by atoms with Gasteiger partial charge in [-0.3, -0.25) is 4.79 Å². The van der Waals surface area contributed by atoms with Gasteiger partial charge in [0.25, 0.3) is 5.91 Å². The van der Waals surface area contributed by atoms with Crippen LogP contribution in [-0.4, -0.2) is 37.4 Å². The molecular formula is C27H25NO6. The highest BCUT2D eigenvalue weighted by Gasteiger charge is 2.14. The fraction of sp³-hybridized carbons (Fsp3) is 0.185. The van der Waals surface area contributed by atoms with Gasteiger partial charge in [-0.1, -0.05) is 54.6 Å². The van der Waals surface area contributed by atoms with E-state index < -0.39 is 11.7 Å². The van der Waals surface area contributed by atoms with Crippen LogP contribution >= 0.6 is 0 Å². The first-order chi connectivity index (χ1) is 16.6. The summed E-state index contributed by atoms with van der Waals surface area (Å²) < 4.78 is 16.3. The molecule has 0 saturated carbocycles. The van der Waals surface area contributed by atoms with E-state index >= 15 is 0 Å². The number of aliphatic hydroxyl groups excluding tert-OH is 1. The monoisotopic (exact) mass is 459 g/mol. The quantitative estimate of drug-likeness (QED) is 0.372. The van der Waals surface area contributed by atoms with Crippen LogP contribution in [0.1, 0.15) is 5.56 Å². The number of methoxy groups -OCH3 is 1.